The number of carbonyl (C=O) groups is 1. The van der Waals surface area contributed by atoms with Gasteiger partial charge in [0.2, 0.25) is 10.0 Å². The average molecular weight is 384 g/mol. The summed E-state index contributed by atoms with van der Waals surface area (Å²) >= 11 is 0. The van der Waals surface area contributed by atoms with Gasteiger partial charge in [-0.2, -0.15) is 4.31 Å². The highest BCUT2D eigenvalue weighted by Crippen LogP contribution is 2.25. The monoisotopic (exact) mass is 383 g/mol. The second-order valence-corrected chi connectivity index (χ2v) is 8.44. The summed E-state index contributed by atoms with van der Waals surface area (Å²) in [5.74, 6) is 0.362. The lowest BCUT2D eigenvalue weighted by molar-refractivity contribution is 0.0911. The molecule has 1 saturated heterocycles. The van der Waals surface area contributed by atoms with Crippen molar-refractivity contribution in [2.24, 2.45) is 5.92 Å². The van der Waals surface area contributed by atoms with Crippen molar-refractivity contribution in [3.05, 3.63) is 23.8 Å². The fourth-order valence-electron chi connectivity index (χ4n) is 3.21. The van der Waals surface area contributed by atoms with Crippen LogP contribution in [0.15, 0.2) is 23.1 Å². The highest BCUT2D eigenvalue weighted by Gasteiger charge is 2.27. The molecule has 1 aromatic rings. The Balaban J connectivity index is 2.33. The molecule has 0 aliphatic carbocycles. The van der Waals surface area contributed by atoms with E-state index in [2.05, 4.69) is 17.6 Å². The first-order valence-corrected chi connectivity index (χ1v) is 10.5. The topological polar surface area (TPSA) is 87.7 Å². The number of rotatable bonds is 7. The molecule has 1 heterocycles. The van der Waals surface area contributed by atoms with Crippen LogP contribution in [0.4, 0.5) is 0 Å². The standard InChI is InChI=1S/C18H29N3O4S/c1-5-21(6-2)26(23,24)14-7-8-17(25-4)15(11-14)18(22)20-16-9-10-19-12-13(16)3/h7-8,11,13,16,19H,5-6,9-10,12H2,1-4H3,(H,20,22). The number of benzene rings is 1. The Morgan fingerprint density at radius 1 is 1.35 bits per heavy atom. The lowest BCUT2D eigenvalue weighted by Crippen LogP contribution is -2.48. The van der Waals surface area contributed by atoms with Gasteiger partial charge in [-0.25, -0.2) is 8.42 Å². The Labute approximate surface area is 156 Å². The van der Waals surface area contributed by atoms with Gasteiger partial charge in [0.05, 0.1) is 17.6 Å². The van der Waals surface area contributed by atoms with E-state index >= 15 is 0 Å². The number of methoxy groups -OCH3 is 1. The molecule has 1 fully saturated rings. The molecule has 0 saturated carbocycles. The first kappa shape index (κ1) is 20.7. The van der Waals surface area contributed by atoms with E-state index in [0.717, 1.165) is 19.5 Å². The molecule has 0 aromatic heterocycles. The molecule has 1 aliphatic rings. The summed E-state index contributed by atoms with van der Waals surface area (Å²) in [7, 11) is -2.17. The lowest BCUT2D eigenvalue weighted by atomic mass is 9.95. The van der Waals surface area contributed by atoms with Crippen LogP contribution in [0.25, 0.3) is 0 Å². The van der Waals surface area contributed by atoms with Crippen LogP contribution in [0.3, 0.4) is 0 Å². The number of carbonyl (C=O) groups excluding carboxylic acids is 1. The summed E-state index contributed by atoms with van der Waals surface area (Å²) in [5.41, 5.74) is 0.242. The van der Waals surface area contributed by atoms with Gasteiger partial charge in [0, 0.05) is 19.1 Å². The first-order chi connectivity index (χ1) is 12.3. The Morgan fingerprint density at radius 2 is 2.04 bits per heavy atom. The Kier molecular flexibility index (Phi) is 7.02. The van der Waals surface area contributed by atoms with E-state index in [1.807, 2.05) is 0 Å². The molecule has 1 amide bonds. The van der Waals surface area contributed by atoms with Crippen molar-refractivity contribution >= 4 is 15.9 Å². The van der Waals surface area contributed by atoms with Gasteiger partial charge < -0.3 is 15.4 Å². The van der Waals surface area contributed by atoms with Crippen molar-refractivity contribution in [3.8, 4) is 5.75 Å². The second-order valence-electron chi connectivity index (χ2n) is 6.50. The molecule has 7 nitrogen and oxygen atoms in total. The molecule has 0 radical (unpaired) electrons. The fourth-order valence-corrected chi connectivity index (χ4v) is 4.70. The Hall–Kier alpha value is -1.64. The van der Waals surface area contributed by atoms with Crippen LogP contribution in [-0.4, -0.2) is 58.0 Å². The van der Waals surface area contributed by atoms with Crippen molar-refractivity contribution in [1.29, 1.82) is 0 Å². The summed E-state index contributed by atoms with van der Waals surface area (Å²) in [4.78, 5) is 12.9. The number of hydrogen-bond acceptors (Lipinski definition) is 5. The van der Waals surface area contributed by atoms with Gasteiger partial charge in [0.25, 0.3) is 5.91 Å². The molecule has 1 aromatic carbocycles. The minimum atomic E-state index is -3.64. The van der Waals surface area contributed by atoms with E-state index < -0.39 is 10.0 Å². The molecule has 2 rings (SSSR count). The number of hydrogen-bond donors (Lipinski definition) is 2. The number of piperidine rings is 1. The number of nitrogens with one attached hydrogen (secondary N) is 2. The maximum atomic E-state index is 12.8. The van der Waals surface area contributed by atoms with Gasteiger partial charge in [-0.1, -0.05) is 20.8 Å². The van der Waals surface area contributed by atoms with Crippen LogP contribution < -0.4 is 15.4 Å². The third kappa shape index (κ3) is 4.36. The van der Waals surface area contributed by atoms with Crippen LogP contribution in [-0.2, 0) is 10.0 Å². The summed E-state index contributed by atoms with van der Waals surface area (Å²) in [6.45, 7) is 8.10. The van der Waals surface area contributed by atoms with Gasteiger partial charge in [-0.05, 0) is 43.6 Å². The van der Waals surface area contributed by atoms with Crippen LogP contribution >= 0.6 is 0 Å². The van der Waals surface area contributed by atoms with Crippen molar-refractivity contribution in [3.63, 3.8) is 0 Å². The lowest BCUT2D eigenvalue weighted by Gasteiger charge is -2.30. The highest BCUT2D eigenvalue weighted by atomic mass is 32.2. The predicted octanol–water partition coefficient (Wildman–Crippen LogP) is 1.45. The van der Waals surface area contributed by atoms with E-state index in [0.29, 0.717) is 24.8 Å². The Bertz CT molecular complexity index is 732. The zero-order chi connectivity index (χ0) is 19.3. The van der Waals surface area contributed by atoms with E-state index in [1.165, 1.54) is 29.6 Å². The number of nitrogens with zero attached hydrogens (tertiary/aromatic N) is 1. The van der Waals surface area contributed by atoms with Crippen LogP contribution in [0.5, 0.6) is 5.75 Å². The number of ether oxygens (including phenoxy) is 1. The van der Waals surface area contributed by atoms with Gasteiger partial charge in [0.15, 0.2) is 0 Å². The molecule has 0 bridgehead atoms. The average Bonchev–Trinajstić information content (AvgIpc) is 2.63. The summed E-state index contributed by atoms with van der Waals surface area (Å²) in [6.07, 6.45) is 0.840. The highest BCUT2D eigenvalue weighted by molar-refractivity contribution is 7.89. The SMILES string of the molecule is CCN(CC)S(=O)(=O)c1ccc(OC)c(C(=O)NC2CCNCC2C)c1. The van der Waals surface area contributed by atoms with Gasteiger partial charge in [-0.3, -0.25) is 4.79 Å². The maximum absolute atomic E-state index is 12.8. The quantitative estimate of drug-likeness (QED) is 0.744. The molecule has 1 aliphatic heterocycles. The largest absolute Gasteiger partial charge is 0.496 e. The van der Waals surface area contributed by atoms with Gasteiger partial charge in [-0.15, -0.1) is 0 Å². The molecule has 26 heavy (non-hydrogen) atoms. The molecular formula is C18H29N3O4S. The zero-order valence-corrected chi connectivity index (χ0v) is 16.7. The Morgan fingerprint density at radius 3 is 2.62 bits per heavy atom. The molecule has 146 valence electrons. The van der Waals surface area contributed by atoms with E-state index in [9.17, 15) is 13.2 Å². The minimum absolute atomic E-state index is 0.0523. The summed E-state index contributed by atoms with van der Waals surface area (Å²) < 4.78 is 32.2. The number of sulfonamides is 1. The smallest absolute Gasteiger partial charge is 0.255 e. The molecule has 8 heteroatoms. The first-order valence-electron chi connectivity index (χ1n) is 9.04. The third-order valence-electron chi connectivity index (χ3n) is 4.86. The van der Waals surface area contributed by atoms with Crippen molar-refractivity contribution < 1.29 is 17.9 Å². The van der Waals surface area contributed by atoms with E-state index in [4.69, 9.17) is 4.74 Å². The zero-order valence-electron chi connectivity index (χ0n) is 15.9. The normalized spacial score (nSPS) is 20.8. The third-order valence-corrected chi connectivity index (χ3v) is 6.91. The molecular weight excluding hydrogens is 354 g/mol. The molecule has 2 atom stereocenters. The molecule has 2 unspecified atom stereocenters. The summed E-state index contributed by atoms with van der Waals surface area (Å²) in [6, 6.07) is 4.48. The predicted molar refractivity (Wildman–Crippen MR) is 101 cm³/mol. The van der Waals surface area contributed by atoms with Crippen LogP contribution in [0.1, 0.15) is 37.6 Å². The van der Waals surface area contributed by atoms with E-state index in [-0.39, 0.29) is 22.4 Å². The summed E-state index contributed by atoms with van der Waals surface area (Å²) in [5, 5.41) is 6.32. The van der Waals surface area contributed by atoms with Crippen molar-refractivity contribution in [2.75, 3.05) is 33.3 Å². The fraction of sp³-hybridized carbons (Fsp3) is 0.611. The van der Waals surface area contributed by atoms with Crippen LogP contribution in [0.2, 0.25) is 0 Å². The van der Waals surface area contributed by atoms with Gasteiger partial charge >= 0.3 is 0 Å². The van der Waals surface area contributed by atoms with Crippen LogP contribution in [0, 0.1) is 5.92 Å². The van der Waals surface area contributed by atoms with Gasteiger partial charge in [0.1, 0.15) is 5.75 Å². The van der Waals surface area contributed by atoms with Crippen molar-refractivity contribution in [2.45, 2.75) is 38.1 Å². The number of amides is 1. The van der Waals surface area contributed by atoms with Crippen molar-refractivity contribution in [1.82, 2.24) is 14.9 Å². The molecule has 2 N–H and O–H groups in total. The second kappa shape index (κ2) is 8.83. The van der Waals surface area contributed by atoms with E-state index in [1.54, 1.807) is 13.8 Å². The minimum Gasteiger partial charge on any atom is -0.496 e. The molecule has 0 spiro atoms. The maximum Gasteiger partial charge on any atom is 0.255 e.